The lowest BCUT2D eigenvalue weighted by Gasteiger charge is -2.23. The standard InChI is InChI=1S/C14H21N5/c1-2-3-4-8-11-19(12-14-15-17-18-16-14)13-9-6-5-7-10-13/h5-7,9-10H,2-4,8,11-12H2,1H3,(H,15,16,17,18). The normalized spacial score (nSPS) is 10.6. The van der Waals surface area contributed by atoms with Gasteiger partial charge in [-0.15, -0.1) is 10.2 Å². The van der Waals surface area contributed by atoms with Crippen molar-refractivity contribution in [3.05, 3.63) is 36.2 Å². The second kappa shape index (κ2) is 7.51. The third-order valence-corrected chi connectivity index (χ3v) is 3.12. The third-order valence-electron chi connectivity index (χ3n) is 3.12. The van der Waals surface area contributed by atoms with Crippen LogP contribution in [0.25, 0.3) is 0 Å². The first kappa shape index (κ1) is 13.5. The molecular formula is C14H21N5. The lowest BCUT2D eigenvalue weighted by molar-refractivity contribution is 0.635. The Morgan fingerprint density at radius 3 is 2.63 bits per heavy atom. The summed E-state index contributed by atoms with van der Waals surface area (Å²) in [6.45, 7) is 3.96. The van der Waals surface area contributed by atoms with Crippen molar-refractivity contribution in [3.8, 4) is 0 Å². The van der Waals surface area contributed by atoms with Gasteiger partial charge in [-0.1, -0.05) is 49.6 Å². The molecule has 102 valence electrons. The monoisotopic (exact) mass is 259 g/mol. The molecule has 2 aromatic rings. The fourth-order valence-electron chi connectivity index (χ4n) is 2.09. The Balaban J connectivity index is 1.96. The molecule has 0 saturated carbocycles. The molecule has 0 aliphatic heterocycles. The Hall–Kier alpha value is -1.91. The molecule has 1 heterocycles. The summed E-state index contributed by atoms with van der Waals surface area (Å²) in [4.78, 5) is 2.31. The van der Waals surface area contributed by atoms with Crippen molar-refractivity contribution in [2.24, 2.45) is 0 Å². The van der Waals surface area contributed by atoms with Gasteiger partial charge in [-0.3, -0.25) is 0 Å². The summed E-state index contributed by atoms with van der Waals surface area (Å²) < 4.78 is 0. The van der Waals surface area contributed by atoms with E-state index >= 15 is 0 Å². The van der Waals surface area contributed by atoms with Gasteiger partial charge in [0.05, 0.1) is 6.54 Å². The van der Waals surface area contributed by atoms with Crippen molar-refractivity contribution in [2.45, 2.75) is 39.2 Å². The molecule has 0 amide bonds. The molecule has 1 aromatic heterocycles. The molecule has 0 bridgehead atoms. The maximum atomic E-state index is 4.04. The van der Waals surface area contributed by atoms with E-state index < -0.39 is 0 Å². The van der Waals surface area contributed by atoms with Crippen molar-refractivity contribution >= 4 is 5.69 Å². The van der Waals surface area contributed by atoms with E-state index in [4.69, 9.17) is 0 Å². The SMILES string of the molecule is CCCCCCN(Cc1nn[nH]n1)c1ccccc1. The summed E-state index contributed by atoms with van der Waals surface area (Å²) in [5, 5.41) is 14.2. The van der Waals surface area contributed by atoms with Crippen molar-refractivity contribution in [1.29, 1.82) is 0 Å². The summed E-state index contributed by atoms with van der Waals surface area (Å²) in [7, 11) is 0. The first-order valence-electron chi connectivity index (χ1n) is 6.92. The number of unbranched alkanes of at least 4 members (excludes halogenated alkanes) is 3. The molecule has 0 spiro atoms. The van der Waals surface area contributed by atoms with Crippen LogP contribution in [0, 0.1) is 0 Å². The number of tetrazole rings is 1. The highest BCUT2D eigenvalue weighted by Gasteiger charge is 2.09. The van der Waals surface area contributed by atoms with E-state index in [1.807, 2.05) is 6.07 Å². The zero-order valence-corrected chi connectivity index (χ0v) is 11.4. The third kappa shape index (κ3) is 4.35. The number of aromatic nitrogens is 4. The minimum Gasteiger partial charge on any atom is -0.364 e. The van der Waals surface area contributed by atoms with E-state index in [2.05, 4.69) is 56.7 Å². The van der Waals surface area contributed by atoms with Gasteiger partial charge < -0.3 is 4.90 Å². The fourth-order valence-corrected chi connectivity index (χ4v) is 2.09. The van der Waals surface area contributed by atoms with Crippen LogP contribution in [0.2, 0.25) is 0 Å². The summed E-state index contributed by atoms with van der Waals surface area (Å²) in [5.41, 5.74) is 1.21. The molecular weight excluding hydrogens is 238 g/mol. The van der Waals surface area contributed by atoms with Gasteiger partial charge in [-0.2, -0.15) is 5.21 Å². The number of nitrogens with one attached hydrogen (secondary N) is 1. The Bertz CT molecular complexity index is 440. The van der Waals surface area contributed by atoms with E-state index in [1.54, 1.807) is 0 Å². The number of H-pyrrole nitrogens is 1. The maximum Gasteiger partial charge on any atom is 0.193 e. The van der Waals surface area contributed by atoms with Gasteiger partial charge >= 0.3 is 0 Å². The van der Waals surface area contributed by atoms with E-state index in [0.717, 1.165) is 12.4 Å². The van der Waals surface area contributed by atoms with Crippen LogP contribution in [0.5, 0.6) is 0 Å². The average molecular weight is 259 g/mol. The Morgan fingerprint density at radius 2 is 1.95 bits per heavy atom. The summed E-state index contributed by atoms with van der Waals surface area (Å²) in [6.07, 6.45) is 5.02. The van der Waals surface area contributed by atoms with Crippen LogP contribution in [0.1, 0.15) is 38.4 Å². The predicted octanol–water partition coefficient (Wildman–Crippen LogP) is 2.79. The Kier molecular flexibility index (Phi) is 5.34. The summed E-state index contributed by atoms with van der Waals surface area (Å²) in [6, 6.07) is 10.4. The lowest BCUT2D eigenvalue weighted by atomic mass is 10.2. The van der Waals surface area contributed by atoms with Gasteiger partial charge in [-0.05, 0) is 18.6 Å². The molecule has 0 saturated heterocycles. The number of para-hydroxylation sites is 1. The molecule has 5 nitrogen and oxygen atoms in total. The van der Waals surface area contributed by atoms with Gasteiger partial charge in [0.2, 0.25) is 0 Å². The molecule has 19 heavy (non-hydrogen) atoms. The van der Waals surface area contributed by atoms with Crippen LogP contribution in [-0.2, 0) is 6.54 Å². The molecule has 0 aliphatic carbocycles. The smallest absolute Gasteiger partial charge is 0.193 e. The van der Waals surface area contributed by atoms with Crippen LogP contribution in [0.3, 0.4) is 0 Å². The molecule has 5 heteroatoms. The van der Waals surface area contributed by atoms with Crippen molar-refractivity contribution in [2.75, 3.05) is 11.4 Å². The highest BCUT2D eigenvalue weighted by molar-refractivity contribution is 5.45. The van der Waals surface area contributed by atoms with Crippen LogP contribution in [-0.4, -0.2) is 27.2 Å². The van der Waals surface area contributed by atoms with E-state index in [9.17, 15) is 0 Å². The van der Waals surface area contributed by atoms with Gasteiger partial charge in [-0.25, -0.2) is 0 Å². The Morgan fingerprint density at radius 1 is 1.11 bits per heavy atom. The van der Waals surface area contributed by atoms with Crippen molar-refractivity contribution in [1.82, 2.24) is 20.6 Å². The number of aromatic amines is 1. The summed E-state index contributed by atoms with van der Waals surface area (Å²) in [5.74, 6) is 0.736. The van der Waals surface area contributed by atoms with Crippen LogP contribution >= 0.6 is 0 Å². The molecule has 0 radical (unpaired) electrons. The number of anilines is 1. The molecule has 0 unspecified atom stereocenters. The molecule has 0 aliphatic rings. The molecule has 2 rings (SSSR count). The highest BCUT2D eigenvalue weighted by Crippen LogP contribution is 2.16. The van der Waals surface area contributed by atoms with Gasteiger partial charge in [0.25, 0.3) is 0 Å². The number of benzene rings is 1. The van der Waals surface area contributed by atoms with Crippen molar-refractivity contribution in [3.63, 3.8) is 0 Å². The molecule has 1 aromatic carbocycles. The zero-order chi connectivity index (χ0) is 13.3. The topological polar surface area (TPSA) is 57.7 Å². The number of hydrogen-bond acceptors (Lipinski definition) is 4. The van der Waals surface area contributed by atoms with Crippen LogP contribution in [0.4, 0.5) is 5.69 Å². The van der Waals surface area contributed by atoms with E-state index in [0.29, 0.717) is 6.54 Å². The van der Waals surface area contributed by atoms with Gasteiger partial charge in [0.15, 0.2) is 5.82 Å². The molecule has 1 N–H and O–H groups in total. The zero-order valence-electron chi connectivity index (χ0n) is 11.4. The maximum absolute atomic E-state index is 4.04. The quantitative estimate of drug-likeness (QED) is 0.741. The predicted molar refractivity (Wildman–Crippen MR) is 75.8 cm³/mol. The second-order valence-electron chi connectivity index (χ2n) is 4.65. The lowest BCUT2D eigenvalue weighted by Crippen LogP contribution is -2.24. The molecule has 0 fully saturated rings. The largest absolute Gasteiger partial charge is 0.364 e. The van der Waals surface area contributed by atoms with E-state index in [-0.39, 0.29) is 0 Å². The minimum atomic E-state index is 0.701. The van der Waals surface area contributed by atoms with Crippen LogP contribution in [0.15, 0.2) is 30.3 Å². The average Bonchev–Trinajstić information content (AvgIpc) is 2.96. The van der Waals surface area contributed by atoms with Gasteiger partial charge in [0.1, 0.15) is 0 Å². The fraction of sp³-hybridized carbons (Fsp3) is 0.500. The highest BCUT2D eigenvalue weighted by atomic mass is 15.5. The van der Waals surface area contributed by atoms with Crippen molar-refractivity contribution < 1.29 is 0 Å². The minimum absolute atomic E-state index is 0.701. The van der Waals surface area contributed by atoms with Gasteiger partial charge in [0, 0.05) is 12.2 Å². The number of rotatable bonds is 8. The Labute approximate surface area is 114 Å². The summed E-state index contributed by atoms with van der Waals surface area (Å²) >= 11 is 0. The second-order valence-corrected chi connectivity index (χ2v) is 4.65. The van der Waals surface area contributed by atoms with E-state index in [1.165, 1.54) is 31.4 Å². The first-order valence-corrected chi connectivity index (χ1v) is 6.92. The van der Waals surface area contributed by atoms with Crippen LogP contribution < -0.4 is 4.90 Å². The molecule has 0 atom stereocenters. The number of hydrogen-bond donors (Lipinski definition) is 1. The first-order chi connectivity index (χ1) is 9.40. The number of nitrogens with zero attached hydrogens (tertiary/aromatic N) is 4.